The molecule has 140 valence electrons. The van der Waals surface area contributed by atoms with Crippen LogP contribution >= 0.6 is 34.2 Å². The minimum absolute atomic E-state index is 0.00682. The van der Waals surface area contributed by atoms with E-state index in [2.05, 4.69) is 25.3 Å². The Morgan fingerprint density at radius 3 is 2.41 bits per heavy atom. The number of aromatic nitrogens is 4. The largest absolute Gasteiger partial charge is 0.321 e. The summed E-state index contributed by atoms with van der Waals surface area (Å²) < 4.78 is 29.2. The third kappa shape index (κ3) is 4.54. The Hall–Kier alpha value is -2.25. The summed E-state index contributed by atoms with van der Waals surface area (Å²) in [6, 6.07) is 8.54. The van der Waals surface area contributed by atoms with E-state index >= 15 is 0 Å². The molecule has 2 N–H and O–H groups in total. The third-order valence-electron chi connectivity index (χ3n) is 3.40. The van der Waals surface area contributed by atoms with Gasteiger partial charge in [0.05, 0.1) is 14.7 Å². The van der Waals surface area contributed by atoms with Crippen LogP contribution in [0.3, 0.4) is 0 Å². The van der Waals surface area contributed by atoms with Crippen LogP contribution in [0, 0.1) is 3.57 Å². The lowest BCUT2D eigenvalue weighted by Crippen LogP contribution is -2.17. The second kappa shape index (κ2) is 7.78. The van der Waals surface area contributed by atoms with Crippen molar-refractivity contribution < 1.29 is 13.2 Å². The standard InChI is InChI=1S/C15H12ClIN6O3S/c1-23-14(11(17)8-18-23)15(24)19-9-2-4-10(5-3-9)27(25,26)22-13-7-6-12(16)20-21-13/h2-8H,1H3,(H,19,24)(H,21,22). The molecule has 2 heterocycles. The SMILES string of the molecule is Cn1ncc(I)c1C(=O)Nc1ccc(S(=O)(=O)Nc2ccc(Cl)nn2)cc1. The monoisotopic (exact) mass is 518 g/mol. The molecule has 0 unspecified atom stereocenters. The zero-order chi connectivity index (χ0) is 19.6. The number of sulfonamides is 1. The topological polar surface area (TPSA) is 119 Å². The van der Waals surface area contributed by atoms with Crippen LogP contribution in [0.25, 0.3) is 0 Å². The summed E-state index contributed by atoms with van der Waals surface area (Å²) in [6.45, 7) is 0. The Labute approximate surface area is 173 Å². The van der Waals surface area contributed by atoms with E-state index in [9.17, 15) is 13.2 Å². The van der Waals surface area contributed by atoms with E-state index in [-0.39, 0.29) is 21.8 Å². The van der Waals surface area contributed by atoms with E-state index in [1.165, 1.54) is 41.1 Å². The van der Waals surface area contributed by atoms with E-state index in [0.29, 0.717) is 15.0 Å². The van der Waals surface area contributed by atoms with Gasteiger partial charge in [-0.2, -0.15) is 5.10 Å². The highest BCUT2D eigenvalue weighted by Crippen LogP contribution is 2.19. The molecule has 0 aliphatic rings. The minimum Gasteiger partial charge on any atom is -0.321 e. The van der Waals surface area contributed by atoms with Crippen LogP contribution in [0.2, 0.25) is 5.15 Å². The van der Waals surface area contributed by atoms with Gasteiger partial charge in [-0.25, -0.2) is 8.42 Å². The van der Waals surface area contributed by atoms with Crippen molar-refractivity contribution in [3.8, 4) is 0 Å². The van der Waals surface area contributed by atoms with Crippen molar-refractivity contribution in [3.63, 3.8) is 0 Å². The second-order valence-electron chi connectivity index (χ2n) is 5.29. The van der Waals surface area contributed by atoms with Crippen LogP contribution in [0.15, 0.2) is 47.5 Å². The van der Waals surface area contributed by atoms with Gasteiger partial charge in [0.1, 0.15) is 5.69 Å². The Morgan fingerprint density at radius 1 is 1.15 bits per heavy atom. The molecular formula is C15H12ClIN6O3S. The minimum atomic E-state index is -3.85. The molecule has 3 aromatic rings. The van der Waals surface area contributed by atoms with Gasteiger partial charge in [0, 0.05) is 12.7 Å². The summed E-state index contributed by atoms with van der Waals surface area (Å²) in [6.07, 6.45) is 1.58. The first-order valence-corrected chi connectivity index (χ1v) is 10.3. The number of carbonyl (C=O) groups excluding carboxylic acids is 1. The van der Waals surface area contributed by atoms with E-state index in [1.807, 2.05) is 22.6 Å². The summed E-state index contributed by atoms with van der Waals surface area (Å²) in [5, 5.41) is 14.1. The molecule has 0 spiro atoms. The van der Waals surface area contributed by atoms with Crippen LogP contribution in [0.1, 0.15) is 10.5 Å². The lowest BCUT2D eigenvalue weighted by Gasteiger charge is -2.09. The maximum Gasteiger partial charge on any atom is 0.275 e. The van der Waals surface area contributed by atoms with Crippen molar-refractivity contribution in [3.05, 3.63) is 57.0 Å². The van der Waals surface area contributed by atoms with Gasteiger partial charge in [0.25, 0.3) is 15.9 Å². The van der Waals surface area contributed by atoms with Gasteiger partial charge < -0.3 is 5.32 Å². The molecule has 0 saturated heterocycles. The van der Waals surface area contributed by atoms with Gasteiger partial charge in [-0.05, 0) is 59.0 Å². The van der Waals surface area contributed by atoms with Crippen LogP contribution in [0.4, 0.5) is 11.5 Å². The van der Waals surface area contributed by atoms with Crippen molar-refractivity contribution in [1.82, 2.24) is 20.0 Å². The molecule has 12 heteroatoms. The van der Waals surface area contributed by atoms with Crippen molar-refractivity contribution in [2.24, 2.45) is 7.05 Å². The van der Waals surface area contributed by atoms with Gasteiger partial charge in [-0.1, -0.05) is 11.6 Å². The lowest BCUT2D eigenvalue weighted by molar-refractivity contribution is 0.101. The summed E-state index contributed by atoms with van der Waals surface area (Å²) in [5.41, 5.74) is 0.859. The molecule has 1 aromatic carbocycles. The number of rotatable bonds is 5. The normalized spacial score (nSPS) is 11.2. The molecule has 2 aromatic heterocycles. The van der Waals surface area contributed by atoms with Crippen LogP contribution in [-0.2, 0) is 17.1 Å². The van der Waals surface area contributed by atoms with E-state index < -0.39 is 10.0 Å². The highest BCUT2D eigenvalue weighted by atomic mass is 127. The van der Waals surface area contributed by atoms with E-state index in [4.69, 9.17) is 11.6 Å². The van der Waals surface area contributed by atoms with Crippen molar-refractivity contribution in [2.45, 2.75) is 4.90 Å². The zero-order valence-corrected chi connectivity index (χ0v) is 17.4. The fraction of sp³-hybridized carbons (Fsp3) is 0.0667. The number of nitrogens with zero attached hydrogens (tertiary/aromatic N) is 4. The fourth-order valence-corrected chi connectivity index (χ4v) is 3.96. The van der Waals surface area contributed by atoms with Gasteiger partial charge in [0.15, 0.2) is 11.0 Å². The number of amides is 1. The van der Waals surface area contributed by atoms with Crippen molar-refractivity contribution >= 4 is 61.6 Å². The molecular weight excluding hydrogens is 507 g/mol. The van der Waals surface area contributed by atoms with Crippen LogP contribution in [-0.4, -0.2) is 34.3 Å². The third-order valence-corrected chi connectivity index (χ3v) is 5.76. The Morgan fingerprint density at radius 2 is 1.85 bits per heavy atom. The zero-order valence-electron chi connectivity index (χ0n) is 13.7. The molecule has 9 nitrogen and oxygen atoms in total. The predicted octanol–water partition coefficient (Wildman–Crippen LogP) is 2.52. The number of halogens is 2. The van der Waals surface area contributed by atoms with Crippen molar-refractivity contribution in [1.29, 1.82) is 0 Å². The summed E-state index contributed by atoms with van der Waals surface area (Å²) >= 11 is 7.64. The van der Waals surface area contributed by atoms with Gasteiger partial charge in [0.2, 0.25) is 0 Å². The quantitative estimate of drug-likeness (QED) is 0.501. The van der Waals surface area contributed by atoms with E-state index in [0.717, 1.165) is 0 Å². The number of carbonyl (C=O) groups is 1. The summed E-state index contributed by atoms with van der Waals surface area (Å²) in [4.78, 5) is 12.3. The van der Waals surface area contributed by atoms with Gasteiger partial charge >= 0.3 is 0 Å². The van der Waals surface area contributed by atoms with Crippen molar-refractivity contribution in [2.75, 3.05) is 10.0 Å². The highest BCUT2D eigenvalue weighted by molar-refractivity contribution is 14.1. The van der Waals surface area contributed by atoms with Gasteiger partial charge in [-0.3, -0.25) is 14.2 Å². The molecule has 27 heavy (non-hydrogen) atoms. The Bertz CT molecular complexity index is 1060. The maximum absolute atomic E-state index is 12.4. The number of benzene rings is 1. The average molecular weight is 519 g/mol. The molecule has 1 amide bonds. The molecule has 0 aliphatic heterocycles. The Kier molecular flexibility index (Phi) is 5.62. The molecule has 0 saturated carbocycles. The van der Waals surface area contributed by atoms with Gasteiger partial charge in [-0.15, -0.1) is 10.2 Å². The smallest absolute Gasteiger partial charge is 0.275 e. The van der Waals surface area contributed by atoms with Crippen LogP contribution < -0.4 is 10.0 Å². The van der Waals surface area contributed by atoms with E-state index in [1.54, 1.807) is 13.2 Å². The average Bonchev–Trinajstić information content (AvgIpc) is 2.96. The number of hydrogen-bond acceptors (Lipinski definition) is 6. The number of hydrogen-bond donors (Lipinski definition) is 2. The number of aryl methyl sites for hydroxylation is 1. The second-order valence-corrected chi connectivity index (χ2v) is 8.52. The molecule has 0 bridgehead atoms. The summed E-state index contributed by atoms with van der Waals surface area (Å²) in [5.74, 6) is -0.299. The first-order chi connectivity index (χ1) is 12.8. The lowest BCUT2D eigenvalue weighted by atomic mass is 10.3. The molecule has 0 atom stereocenters. The molecule has 3 rings (SSSR count). The molecule has 0 aliphatic carbocycles. The number of anilines is 2. The fourth-order valence-electron chi connectivity index (χ4n) is 2.14. The predicted molar refractivity (Wildman–Crippen MR) is 108 cm³/mol. The first kappa shape index (κ1) is 19.5. The number of nitrogens with one attached hydrogen (secondary N) is 2. The molecule has 0 fully saturated rings. The maximum atomic E-state index is 12.4. The first-order valence-electron chi connectivity index (χ1n) is 7.37. The highest BCUT2D eigenvalue weighted by Gasteiger charge is 2.17. The molecule has 0 radical (unpaired) electrons. The Balaban J connectivity index is 1.74. The van der Waals surface area contributed by atoms with Crippen LogP contribution in [0.5, 0.6) is 0 Å². The summed E-state index contributed by atoms with van der Waals surface area (Å²) in [7, 11) is -2.19.